The van der Waals surface area contributed by atoms with Crippen LogP contribution in [0.4, 0.5) is 0 Å². The Labute approximate surface area is 92.8 Å². The predicted molar refractivity (Wildman–Crippen MR) is 60.4 cm³/mol. The minimum Gasteiger partial charge on any atom is -0.381 e. The highest BCUT2D eigenvalue weighted by molar-refractivity contribution is 5.04. The van der Waals surface area contributed by atoms with Crippen molar-refractivity contribution in [2.75, 3.05) is 7.11 Å². The van der Waals surface area contributed by atoms with Crippen molar-refractivity contribution >= 4 is 0 Å². The zero-order chi connectivity index (χ0) is 11.5. The summed E-state index contributed by atoms with van der Waals surface area (Å²) in [6.45, 7) is 6.57. The molecule has 1 aliphatic rings. The van der Waals surface area contributed by atoms with Gasteiger partial charge in [-0.15, -0.1) is 0 Å². The molecule has 0 bridgehead atoms. The molecular weight excluding hydrogens is 188 g/mol. The van der Waals surface area contributed by atoms with Crippen LogP contribution in [0.25, 0.3) is 0 Å². The molecule has 0 aromatic rings. The van der Waals surface area contributed by atoms with Crippen molar-refractivity contribution in [1.29, 1.82) is 5.26 Å². The molecule has 1 rings (SSSR count). The number of nitriles is 1. The second-order valence-corrected chi connectivity index (χ2v) is 4.97. The molecule has 0 radical (unpaired) electrons. The van der Waals surface area contributed by atoms with E-state index in [0.29, 0.717) is 24.6 Å². The van der Waals surface area contributed by atoms with Gasteiger partial charge in [-0.1, -0.05) is 20.8 Å². The first kappa shape index (κ1) is 12.5. The normalized spacial score (nSPS) is 30.3. The molecule has 1 aliphatic carbocycles. The van der Waals surface area contributed by atoms with Gasteiger partial charge in [0, 0.05) is 24.6 Å². The van der Waals surface area contributed by atoms with Gasteiger partial charge in [-0.25, -0.2) is 0 Å². The number of hydrogen-bond acceptors (Lipinski definition) is 3. The van der Waals surface area contributed by atoms with E-state index >= 15 is 0 Å². The van der Waals surface area contributed by atoms with Gasteiger partial charge in [0.2, 0.25) is 0 Å². The Morgan fingerprint density at radius 2 is 2.27 bits per heavy atom. The molecule has 1 fully saturated rings. The van der Waals surface area contributed by atoms with Gasteiger partial charge < -0.3 is 10.1 Å². The Kier molecular flexibility index (Phi) is 4.12. The number of methoxy groups -OCH3 is 1. The Morgan fingerprint density at radius 3 is 2.67 bits per heavy atom. The average Bonchev–Trinajstić information content (AvgIpc) is 2.21. The van der Waals surface area contributed by atoms with Crippen LogP contribution in [0.2, 0.25) is 0 Å². The Morgan fingerprint density at radius 1 is 1.60 bits per heavy atom. The van der Waals surface area contributed by atoms with Crippen LogP contribution in [-0.4, -0.2) is 25.3 Å². The molecular formula is C12H22N2O. The van der Waals surface area contributed by atoms with E-state index in [1.54, 1.807) is 7.11 Å². The van der Waals surface area contributed by atoms with Gasteiger partial charge in [0.15, 0.2) is 0 Å². The number of ether oxygens (including phenoxy) is 1. The van der Waals surface area contributed by atoms with Crippen LogP contribution in [0.5, 0.6) is 0 Å². The first-order valence-electron chi connectivity index (χ1n) is 5.72. The third-order valence-corrected chi connectivity index (χ3v) is 3.73. The van der Waals surface area contributed by atoms with Gasteiger partial charge >= 0.3 is 0 Å². The summed E-state index contributed by atoms with van der Waals surface area (Å²) in [5.41, 5.74) is 0.192. The summed E-state index contributed by atoms with van der Waals surface area (Å²) in [7, 11) is 1.77. The fourth-order valence-corrected chi connectivity index (χ4v) is 2.28. The molecule has 0 aromatic heterocycles. The Hall–Kier alpha value is -0.590. The molecule has 0 aromatic carbocycles. The molecule has 0 amide bonds. The standard InChI is InChI=1S/C12H22N2O/c1-5-9(6-7-13)14-10-8-11(15-4)12(10,2)3/h9-11,14H,5-6,8H2,1-4H3. The third kappa shape index (κ3) is 2.50. The van der Waals surface area contributed by atoms with Crippen molar-refractivity contribution in [2.24, 2.45) is 5.41 Å². The Balaban J connectivity index is 2.44. The second kappa shape index (κ2) is 4.96. The first-order chi connectivity index (χ1) is 7.06. The minimum atomic E-state index is 0.192. The largest absolute Gasteiger partial charge is 0.381 e. The summed E-state index contributed by atoms with van der Waals surface area (Å²) in [6, 6.07) is 3.05. The smallest absolute Gasteiger partial charge is 0.0652 e. The van der Waals surface area contributed by atoms with Crippen molar-refractivity contribution in [3.63, 3.8) is 0 Å². The van der Waals surface area contributed by atoms with Gasteiger partial charge in [0.25, 0.3) is 0 Å². The lowest BCUT2D eigenvalue weighted by Gasteiger charge is -2.52. The molecule has 3 heteroatoms. The fourth-order valence-electron chi connectivity index (χ4n) is 2.28. The van der Waals surface area contributed by atoms with Crippen molar-refractivity contribution in [2.45, 2.75) is 58.2 Å². The van der Waals surface area contributed by atoms with E-state index < -0.39 is 0 Å². The van der Waals surface area contributed by atoms with E-state index in [-0.39, 0.29) is 5.41 Å². The van der Waals surface area contributed by atoms with Gasteiger partial charge in [-0.2, -0.15) is 5.26 Å². The monoisotopic (exact) mass is 210 g/mol. The van der Waals surface area contributed by atoms with Crippen LogP contribution in [0.3, 0.4) is 0 Å². The maximum Gasteiger partial charge on any atom is 0.0652 e. The summed E-state index contributed by atoms with van der Waals surface area (Å²) in [6.07, 6.45) is 3.03. The molecule has 3 nitrogen and oxygen atoms in total. The quantitative estimate of drug-likeness (QED) is 0.755. The highest BCUT2D eigenvalue weighted by Crippen LogP contribution is 2.42. The summed E-state index contributed by atoms with van der Waals surface area (Å²) in [5.74, 6) is 0. The zero-order valence-corrected chi connectivity index (χ0v) is 10.2. The molecule has 15 heavy (non-hydrogen) atoms. The van der Waals surface area contributed by atoms with E-state index in [0.717, 1.165) is 12.8 Å². The molecule has 0 saturated heterocycles. The van der Waals surface area contributed by atoms with E-state index in [4.69, 9.17) is 10.00 Å². The lowest BCUT2D eigenvalue weighted by molar-refractivity contribution is -0.100. The highest BCUT2D eigenvalue weighted by Gasteiger charge is 2.48. The molecule has 3 unspecified atom stereocenters. The van der Waals surface area contributed by atoms with Crippen molar-refractivity contribution < 1.29 is 4.74 Å². The van der Waals surface area contributed by atoms with Crippen LogP contribution in [0.15, 0.2) is 0 Å². The number of nitrogens with zero attached hydrogens (tertiary/aromatic N) is 1. The van der Waals surface area contributed by atoms with Crippen molar-refractivity contribution in [3.8, 4) is 6.07 Å². The number of nitrogens with one attached hydrogen (secondary N) is 1. The highest BCUT2D eigenvalue weighted by atomic mass is 16.5. The number of rotatable bonds is 5. The summed E-state index contributed by atoms with van der Waals surface area (Å²) >= 11 is 0. The van der Waals surface area contributed by atoms with E-state index in [1.807, 2.05) is 0 Å². The summed E-state index contributed by atoms with van der Waals surface area (Å²) in [5, 5.41) is 12.2. The van der Waals surface area contributed by atoms with Crippen LogP contribution < -0.4 is 5.32 Å². The lowest BCUT2D eigenvalue weighted by atomic mass is 9.64. The molecule has 0 heterocycles. The van der Waals surface area contributed by atoms with E-state index in [1.165, 1.54) is 0 Å². The van der Waals surface area contributed by atoms with Crippen LogP contribution in [-0.2, 0) is 4.74 Å². The van der Waals surface area contributed by atoms with Crippen LogP contribution >= 0.6 is 0 Å². The fraction of sp³-hybridized carbons (Fsp3) is 0.917. The van der Waals surface area contributed by atoms with Crippen molar-refractivity contribution in [1.82, 2.24) is 5.32 Å². The average molecular weight is 210 g/mol. The zero-order valence-electron chi connectivity index (χ0n) is 10.2. The Bertz CT molecular complexity index is 244. The number of hydrogen-bond donors (Lipinski definition) is 1. The van der Waals surface area contributed by atoms with Gasteiger partial charge in [-0.05, 0) is 12.8 Å². The maximum absolute atomic E-state index is 8.68. The molecule has 0 spiro atoms. The molecule has 1 N–H and O–H groups in total. The van der Waals surface area contributed by atoms with Gasteiger partial charge in [0.05, 0.1) is 18.6 Å². The van der Waals surface area contributed by atoms with Crippen LogP contribution in [0, 0.1) is 16.7 Å². The maximum atomic E-state index is 8.68. The predicted octanol–water partition coefficient (Wildman–Crippen LogP) is 2.08. The minimum absolute atomic E-state index is 0.192. The van der Waals surface area contributed by atoms with Crippen molar-refractivity contribution in [3.05, 3.63) is 0 Å². The van der Waals surface area contributed by atoms with Gasteiger partial charge in [0.1, 0.15) is 0 Å². The lowest BCUT2D eigenvalue weighted by Crippen LogP contribution is -2.62. The van der Waals surface area contributed by atoms with Gasteiger partial charge in [-0.3, -0.25) is 0 Å². The molecule has 3 atom stereocenters. The molecule has 86 valence electrons. The third-order valence-electron chi connectivity index (χ3n) is 3.73. The first-order valence-corrected chi connectivity index (χ1v) is 5.72. The second-order valence-electron chi connectivity index (χ2n) is 4.97. The molecule has 0 aliphatic heterocycles. The topological polar surface area (TPSA) is 45.0 Å². The van der Waals surface area contributed by atoms with Crippen LogP contribution in [0.1, 0.15) is 40.0 Å². The summed E-state index contributed by atoms with van der Waals surface area (Å²) in [4.78, 5) is 0. The summed E-state index contributed by atoms with van der Waals surface area (Å²) < 4.78 is 5.40. The van der Waals surface area contributed by atoms with E-state index in [9.17, 15) is 0 Å². The molecule has 1 saturated carbocycles. The van der Waals surface area contributed by atoms with E-state index in [2.05, 4.69) is 32.2 Å². The SMILES string of the molecule is CCC(CC#N)NC1CC(OC)C1(C)C.